The normalized spacial score (nSPS) is 14.6. The van der Waals surface area contributed by atoms with Gasteiger partial charge in [0, 0.05) is 23.7 Å². The smallest absolute Gasteiger partial charge is 0.264 e. The van der Waals surface area contributed by atoms with Gasteiger partial charge >= 0.3 is 0 Å². The van der Waals surface area contributed by atoms with Gasteiger partial charge in [-0.3, -0.25) is 4.79 Å². The fourth-order valence-corrected chi connectivity index (χ4v) is 3.34. The van der Waals surface area contributed by atoms with Crippen LogP contribution in [0.5, 0.6) is 0 Å². The maximum Gasteiger partial charge on any atom is 0.264 e. The molecule has 1 aromatic heterocycles. The first-order chi connectivity index (χ1) is 12.0. The number of hydrogen-bond acceptors (Lipinski definition) is 3. The lowest BCUT2D eigenvalue weighted by Gasteiger charge is -2.14. The van der Waals surface area contributed by atoms with E-state index < -0.39 is 0 Å². The number of nitriles is 1. The van der Waals surface area contributed by atoms with Crippen LogP contribution in [0, 0.1) is 18.3 Å². The van der Waals surface area contributed by atoms with Crippen molar-refractivity contribution in [1.82, 2.24) is 14.7 Å². The highest BCUT2D eigenvalue weighted by molar-refractivity contribution is 6.32. The molecule has 2 heterocycles. The van der Waals surface area contributed by atoms with Crippen molar-refractivity contribution >= 4 is 35.2 Å². The molecule has 128 valence electrons. The van der Waals surface area contributed by atoms with Crippen molar-refractivity contribution in [2.24, 2.45) is 0 Å². The summed E-state index contributed by atoms with van der Waals surface area (Å²) in [5.74, 6) is -0.258. The van der Waals surface area contributed by atoms with E-state index in [2.05, 4.69) is 5.10 Å². The van der Waals surface area contributed by atoms with Crippen molar-refractivity contribution < 1.29 is 4.79 Å². The van der Waals surface area contributed by atoms with Crippen molar-refractivity contribution in [3.63, 3.8) is 0 Å². The van der Waals surface area contributed by atoms with Crippen molar-refractivity contribution in [2.45, 2.75) is 19.8 Å². The molecule has 0 saturated carbocycles. The van der Waals surface area contributed by atoms with Gasteiger partial charge in [-0.05, 0) is 44.0 Å². The minimum absolute atomic E-state index is 0.0672. The summed E-state index contributed by atoms with van der Waals surface area (Å²) in [4.78, 5) is 14.2. The minimum Gasteiger partial charge on any atom is -0.338 e. The van der Waals surface area contributed by atoms with Gasteiger partial charge in [-0.1, -0.05) is 29.3 Å². The Morgan fingerprint density at radius 1 is 1.32 bits per heavy atom. The second kappa shape index (κ2) is 7.30. The van der Waals surface area contributed by atoms with Crippen LogP contribution in [-0.2, 0) is 4.79 Å². The molecule has 2 aromatic rings. The Balaban J connectivity index is 2.00. The van der Waals surface area contributed by atoms with Crippen LogP contribution >= 0.6 is 23.2 Å². The Bertz CT molecular complexity index is 889. The fraction of sp³-hybridized carbons (Fsp3) is 0.278. The van der Waals surface area contributed by atoms with Crippen molar-refractivity contribution in [1.29, 1.82) is 5.26 Å². The Labute approximate surface area is 156 Å². The number of carbonyl (C=O) groups is 1. The summed E-state index contributed by atoms with van der Waals surface area (Å²) < 4.78 is 1.55. The number of benzene rings is 1. The number of likely N-dealkylation sites (tertiary alicyclic amines) is 1. The number of nitrogens with zero attached hydrogens (tertiary/aromatic N) is 4. The second-order valence-electron chi connectivity index (χ2n) is 5.85. The van der Waals surface area contributed by atoms with Gasteiger partial charge < -0.3 is 4.90 Å². The van der Waals surface area contributed by atoms with Crippen LogP contribution in [0.3, 0.4) is 0 Å². The minimum atomic E-state index is -0.258. The van der Waals surface area contributed by atoms with Gasteiger partial charge in [-0.2, -0.15) is 10.4 Å². The van der Waals surface area contributed by atoms with Gasteiger partial charge in [0.25, 0.3) is 5.91 Å². The zero-order valence-corrected chi connectivity index (χ0v) is 15.2. The van der Waals surface area contributed by atoms with E-state index in [9.17, 15) is 10.1 Å². The molecule has 1 aliphatic heterocycles. The summed E-state index contributed by atoms with van der Waals surface area (Å²) in [6.07, 6.45) is 3.46. The average Bonchev–Trinajstić information content (AvgIpc) is 3.22. The first-order valence-corrected chi connectivity index (χ1v) is 8.69. The van der Waals surface area contributed by atoms with Crippen LogP contribution in [0.25, 0.3) is 11.8 Å². The molecule has 5 nitrogen and oxygen atoms in total. The Morgan fingerprint density at radius 2 is 2.04 bits per heavy atom. The third kappa shape index (κ3) is 3.55. The fourth-order valence-electron chi connectivity index (χ4n) is 2.83. The Hall–Kier alpha value is -2.29. The van der Waals surface area contributed by atoms with E-state index in [0.717, 1.165) is 12.8 Å². The zero-order valence-electron chi connectivity index (χ0n) is 13.7. The molecule has 1 amide bonds. The molecule has 0 unspecified atom stereocenters. The van der Waals surface area contributed by atoms with Crippen molar-refractivity contribution in [3.8, 4) is 11.8 Å². The van der Waals surface area contributed by atoms with Gasteiger partial charge in [-0.25, -0.2) is 4.68 Å². The molecule has 1 fully saturated rings. The zero-order chi connectivity index (χ0) is 18.0. The first-order valence-electron chi connectivity index (χ1n) is 7.93. The molecule has 1 saturated heterocycles. The first kappa shape index (κ1) is 17.5. The van der Waals surface area contributed by atoms with Gasteiger partial charge in [-0.15, -0.1) is 0 Å². The number of hydrogen-bond donors (Lipinski definition) is 0. The van der Waals surface area contributed by atoms with E-state index in [-0.39, 0.29) is 11.5 Å². The quantitative estimate of drug-likeness (QED) is 0.601. The molecule has 0 radical (unpaired) electrons. The summed E-state index contributed by atoms with van der Waals surface area (Å²) in [5.41, 5.74) is 1.97. The highest BCUT2D eigenvalue weighted by Gasteiger charge is 2.23. The van der Waals surface area contributed by atoms with Crippen LogP contribution in [0.4, 0.5) is 0 Å². The molecule has 25 heavy (non-hydrogen) atoms. The van der Waals surface area contributed by atoms with E-state index in [1.165, 1.54) is 6.08 Å². The Morgan fingerprint density at radius 3 is 2.68 bits per heavy atom. The Kier molecular flexibility index (Phi) is 5.12. The molecule has 3 rings (SSSR count). The highest BCUT2D eigenvalue weighted by atomic mass is 35.5. The number of halogens is 2. The second-order valence-corrected chi connectivity index (χ2v) is 6.65. The van der Waals surface area contributed by atoms with Crippen LogP contribution in [0.2, 0.25) is 10.2 Å². The van der Waals surface area contributed by atoms with E-state index in [0.29, 0.717) is 40.2 Å². The monoisotopic (exact) mass is 374 g/mol. The van der Waals surface area contributed by atoms with Crippen molar-refractivity contribution in [2.75, 3.05) is 13.1 Å². The molecule has 0 aliphatic carbocycles. The van der Waals surface area contributed by atoms with Gasteiger partial charge in [0.15, 0.2) is 0 Å². The number of carbonyl (C=O) groups excluding carboxylic acids is 1. The lowest BCUT2D eigenvalue weighted by Crippen LogP contribution is -2.28. The number of aryl methyl sites for hydroxylation is 1. The lowest BCUT2D eigenvalue weighted by molar-refractivity contribution is -0.125. The molecular formula is C18H16Cl2N4O. The van der Waals surface area contributed by atoms with Gasteiger partial charge in [0.1, 0.15) is 16.8 Å². The number of aromatic nitrogens is 2. The molecule has 7 heteroatoms. The molecule has 0 bridgehead atoms. The summed E-state index contributed by atoms with van der Waals surface area (Å²) >= 11 is 12.5. The summed E-state index contributed by atoms with van der Waals surface area (Å²) in [5, 5.41) is 14.7. The van der Waals surface area contributed by atoms with Crippen LogP contribution in [0.15, 0.2) is 29.8 Å². The highest BCUT2D eigenvalue weighted by Crippen LogP contribution is 2.27. The van der Waals surface area contributed by atoms with E-state index >= 15 is 0 Å². The maximum atomic E-state index is 12.5. The van der Waals surface area contributed by atoms with Gasteiger partial charge in [0.2, 0.25) is 0 Å². The molecular weight excluding hydrogens is 359 g/mol. The number of rotatable bonds is 3. The third-order valence-electron chi connectivity index (χ3n) is 4.13. The largest absolute Gasteiger partial charge is 0.338 e. The van der Waals surface area contributed by atoms with Crippen LogP contribution in [-0.4, -0.2) is 33.7 Å². The summed E-state index contributed by atoms with van der Waals surface area (Å²) in [6, 6.07) is 9.13. The maximum absolute atomic E-state index is 12.5. The number of amides is 1. The van der Waals surface area contributed by atoms with E-state index in [1.54, 1.807) is 34.7 Å². The third-order valence-corrected chi connectivity index (χ3v) is 4.73. The molecule has 0 atom stereocenters. The van der Waals surface area contributed by atoms with Crippen molar-refractivity contribution in [3.05, 3.63) is 51.3 Å². The van der Waals surface area contributed by atoms with E-state index in [1.807, 2.05) is 12.1 Å². The van der Waals surface area contributed by atoms with E-state index in [4.69, 9.17) is 23.2 Å². The topological polar surface area (TPSA) is 61.9 Å². The average molecular weight is 375 g/mol. The summed E-state index contributed by atoms with van der Waals surface area (Å²) in [6.45, 7) is 3.16. The van der Waals surface area contributed by atoms with Crippen LogP contribution < -0.4 is 0 Å². The predicted octanol–water partition coefficient (Wildman–Crippen LogP) is 4.02. The molecule has 0 N–H and O–H groups in total. The van der Waals surface area contributed by atoms with Crippen LogP contribution in [0.1, 0.15) is 24.1 Å². The molecule has 0 spiro atoms. The molecule has 1 aromatic carbocycles. The SMILES string of the molecule is Cc1nn(-c2cccc(Cl)c2)c(Cl)c1C=C(C#N)C(=O)N1CCCC1. The van der Waals surface area contributed by atoms with Gasteiger partial charge in [0.05, 0.1) is 11.4 Å². The lowest BCUT2D eigenvalue weighted by atomic mass is 10.1. The molecule has 1 aliphatic rings. The predicted molar refractivity (Wildman–Crippen MR) is 97.7 cm³/mol. The summed E-state index contributed by atoms with van der Waals surface area (Å²) in [7, 11) is 0. The standard InChI is InChI=1S/C18H16Cl2N4O/c1-12-16(9-13(11-21)18(25)23-7-2-3-8-23)17(20)24(22-12)15-6-4-5-14(19)10-15/h4-6,9-10H,2-3,7-8H2,1H3.